The van der Waals surface area contributed by atoms with Crippen LogP contribution in [0.15, 0.2) is 48.5 Å². The third-order valence-electron chi connectivity index (χ3n) is 4.11. The van der Waals surface area contributed by atoms with Gasteiger partial charge in [-0.3, -0.25) is 0 Å². The number of anilines is 1. The molecule has 110 valence electrons. The number of para-hydroxylation sites is 1. The molecule has 3 rings (SSSR count). The number of nitrogens with one attached hydrogen (secondary N) is 1. The highest BCUT2D eigenvalue weighted by Gasteiger charge is 2.46. The van der Waals surface area contributed by atoms with Gasteiger partial charge in [0.15, 0.2) is 0 Å². The van der Waals surface area contributed by atoms with Crippen LogP contribution in [-0.4, -0.2) is 11.7 Å². The molecule has 2 aromatic rings. The minimum absolute atomic E-state index is 0.0896. The molecule has 0 spiro atoms. The van der Waals surface area contributed by atoms with E-state index in [1.165, 1.54) is 6.07 Å². The lowest BCUT2D eigenvalue weighted by atomic mass is 9.85. The summed E-state index contributed by atoms with van der Waals surface area (Å²) in [5.41, 5.74) is 0.681. The second kappa shape index (κ2) is 5.66. The van der Waals surface area contributed by atoms with Gasteiger partial charge in [-0.05, 0) is 48.6 Å². The third kappa shape index (κ3) is 2.76. The quantitative estimate of drug-likeness (QED) is 0.868. The largest absolute Gasteiger partial charge is 0.394 e. The molecule has 0 saturated heterocycles. The maximum atomic E-state index is 14.0. The van der Waals surface area contributed by atoms with E-state index in [4.69, 9.17) is 11.6 Å². The van der Waals surface area contributed by atoms with Gasteiger partial charge < -0.3 is 10.4 Å². The molecule has 1 saturated carbocycles. The van der Waals surface area contributed by atoms with Crippen LogP contribution in [0.4, 0.5) is 10.1 Å². The molecule has 0 radical (unpaired) electrons. The maximum absolute atomic E-state index is 14.0. The van der Waals surface area contributed by atoms with Gasteiger partial charge >= 0.3 is 0 Å². The summed E-state index contributed by atoms with van der Waals surface area (Å²) in [4.78, 5) is 0. The molecular formula is C17H17ClFNO. The van der Waals surface area contributed by atoms with Crippen molar-refractivity contribution in [2.24, 2.45) is 5.92 Å². The number of rotatable bonds is 5. The lowest BCUT2D eigenvalue weighted by Gasteiger charge is -2.35. The first-order chi connectivity index (χ1) is 10.2. The number of hydrogen-bond acceptors (Lipinski definition) is 2. The van der Waals surface area contributed by atoms with E-state index in [-0.39, 0.29) is 12.4 Å². The van der Waals surface area contributed by atoms with Crippen LogP contribution in [0, 0.1) is 11.7 Å². The summed E-state index contributed by atoms with van der Waals surface area (Å²) >= 11 is 5.94. The van der Waals surface area contributed by atoms with E-state index >= 15 is 0 Å². The van der Waals surface area contributed by atoms with Crippen LogP contribution in [0.5, 0.6) is 0 Å². The molecule has 21 heavy (non-hydrogen) atoms. The number of hydrogen-bond donors (Lipinski definition) is 2. The van der Waals surface area contributed by atoms with Gasteiger partial charge in [0.2, 0.25) is 0 Å². The molecule has 0 bridgehead atoms. The summed E-state index contributed by atoms with van der Waals surface area (Å²) < 4.78 is 14.0. The highest BCUT2D eigenvalue weighted by Crippen LogP contribution is 2.47. The van der Waals surface area contributed by atoms with Gasteiger partial charge in [-0.15, -0.1) is 0 Å². The van der Waals surface area contributed by atoms with Gasteiger partial charge in [-0.2, -0.15) is 0 Å². The topological polar surface area (TPSA) is 32.3 Å². The van der Waals surface area contributed by atoms with Crippen LogP contribution >= 0.6 is 11.6 Å². The van der Waals surface area contributed by atoms with Crippen molar-refractivity contribution in [3.63, 3.8) is 0 Å². The summed E-state index contributed by atoms with van der Waals surface area (Å²) in [7, 11) is 0. The molecule has 1 aliphatic rings. The SMILES string of the molecule is OCC(Nc1ccccc1F)(c1ccc(Cl)cc1)C1CC1. The standard InChI is InChI=1S/C17H17ClFNO/c18-14-9-7-13(8-10-14)17(11-21,12-5-6-12)20-16-4-2-1-3-15(16)19/h1-4,7-10,12,20-21H,5-6,11H2. The average molecular weight is 306 g/mol. The lowest BCUT2D eigenvalue weighted by Crippen LogP contribution is -2.41. The summed E-state index contributed by atoms with van der Waals surface area (Å²) in [5.74, 6) is -0.0202. The van der Waals surface area contributed by atoms with E-state index in [1.807, 2.05) is 12.1 Å². The van der Waals surface area contributed by atoms with Crippen molar-refractivity contribution in [3.8, 4) is 0 Å². The smallest absolute Gasteiger partial charge is 0.146 e. The van der Waals surface area contributed by atoms with E-state index < -0.39 is 5.54 Å². The summed E-state index contributed by atoms with van der Waals surface area (Å²) in [5, 5.41) is 13.9. The van der Waals surface area contributed by atoms with Crippen LogP contribution < -0.4 is 5.32 Å². The van der Waals surface area contributed by atoms with Crippen molar-refractivity contribution in [2.75, 3.05) is 11.9 Å². The zero-order chi connectivity index (χ0) is 14.9. The molecule has 2 nitrogen and oxygen atoms in total. The van der Waals surface area contributed by atoms with Gasteiger partial charge in [-0.1, -0.05) is 35.9 Å². The van der Waals surface area contributed by atoms with Gasteiger partial charge in [0, 0.05) is 5.02 Å². The van der Waals surface area contributed by atoms with Crippen molar-refractivity contribution >= 4 is 17.3 Å². The minimum atomic E-state index is -0.660. The lowest BCUT2D eigenvalue weighted by molar-refractivity contribution is 0.193. The van der Waals surface area contributed by atoms with Crippen molar-refractivity contribution in [1.29, 1.82) is 0 Å². The van der Waals surface area contributed by atoms with Gasteiger partial charge in [-0.25, -0.2) is 4.39 Å². The molecular weight excluding hydrogens is 289 g/mol. The minimum Gasteiger partial charge on any atom is -0.394 e. The molecule has 1 atom stereocenters. The van der Waals surface area contributed by atoms with Crippen LogP contribution in [0.2, 0.25) is 5.02 Å². The number of benzene rings is 2. The molecule has 0 heterocycles. The van der Waals surface area contributed by atoms with Crippen LogP contribution in [-0.2, 0) is 5.54 Å². The predicted molar refractivity (Wildman–Crippen MR) is 83.0 cm³/mol. The van der Waals surface area contributed by atoms with Gasteiger partial charge in [0.1, 0.15) is 5.82 Å². The second-order valence-electron chi connectivity index (χ2n) is 5.52. The van der Waals surface area contributed by atoms with Crippen LogP contribution in [0.3, 0.4) is 0 Å². The molecule has 2 aromatic carbocycles. The van der Waals surface area contributed by atoms with E-state index in [0.29, 0.717) is 16.6 Å². The normalized spacial score (nSPS) is 17.3. The molecule has 1 aliphatic carbocycles. The molecule has 0 amide bonds. The Morgan fingerprint density at radius 2 is 1.81 bits per heavy atom. The Hall–Kier alpha value is -1.58. The highest BCUT2D eigenvalue weighted by molar-refractivity contribution is 6.30. The molecule has 0 aromatic heterocycles. The zero-order valence-electron chi connectivity index (χ0n) is 11.5. The Bertz CT molecular complexity index is 627. The first kappa shape index (κ1) is 14.4. The van der Waals surface area contributed by atoms with E-state index in [2.05, 4.69) is 5.32 Å². The third-order valence-corrected chi connectivity index (χ3v) is 4.37. The number of aliphatic hydroxyl groups is 1. The first-order valence-electron chi connectivity index (χ1n) is 7.05. The number of halogens is 2. The Labute approximate surface area is 128 Å². The molecule has 2 N–H and O–H groups in total. The molecule has 1 unspecified atom stereocenters. The Balaban J connectivity index is 2.01. The molecule has 4 heteroatoms. The summed E-state index contributed by atoms with van der Waals surface area (Å²) in [6.45, 7) is -0.0896. The molecule has 1 fully saturated rings. The predicted octanol–water partition coefficient (Wildman–Crippen LogP) is 4.19. The summed E-state index contributed by atoms with van der Waals surface area (Å²) in [6.07, 6.45) is 2.04. The fourth-order valence-corrected chi connectivity index (χ4v) is 2.92. The monoisotopic (exact) mass is 305 g/mol. The van der Waals surface area contributed by atoms with Crippen LogP contribution in [0.1, 0.15) is 18.4 Å². The zero-order valence-corrected chi connectivity index (χ0v) is 12.3. The maximum Gasteiger partial charge on any atom is 0.146 e. The van der Waals surface area contributed by atoms with Crippen molar-refractivity contribution in [2.45, 2.75) is 18.4 Å². The fourth-order valence-electron chi connectivity index (χ4n) is 2.80. The van der Waals surface area contributed by atoms with E-state index in [9.17, 15) is 9.50 Å². The van der Waals surface area contributed by atoms with E-state index in [1.54, 1.807) is 30.3 Å². The second-order valence-corrected chi connectivity index (χ2v) is 5.95. The van der Waals surface area contributed by atoms with Crippen molar-refractivity contribution in [3.05, 3.63) is 64.9 Å². The Morgan fingerprint density at radius 3 is 2.38 bits per heavy atom. The Morgan fingerprint density at radius 1 is 1.14 bits per heavy atom. The Kier molecular flexibility index (Phi) is 3.87. The van der Waals surface area contributed by atoms with Gasteiger partial charge in [0.25, 0.3) is 0 Å². The average Bonchev–Trinajstić information content (AvgIpc) is 3.33. The highest BCUT2D eigenvalue weighted by atomic mass is 35.5. The first-order valence-corrected chi connectivity index (χ1v) is 7.43. The summed E-state index contributed by atoms with van der Waals surface area (Å²) in [6, 6.07) is 13.9. The van der Waals surface area contributed by atoms with E-state index in [0.717, 1.165) is 18.4 Å². The van der Waals surface area contributed by atoms with Crippen molar-refractivity contribution in [1.82, 2.24) is 0 Å². The number of aliphatic hydroxyl groups excluding tert-OH is 1. The van der Waals surface area contributed by atoms with Gasteiger partial charge in [0.05, 0.1) is 17.8 Å². The fraction of sp³-hybridized carbons (Fsp3) is 0.294. The van der Waals surface area contributed by atoms with Crippen LogP contribution in [0.25, 0.3) is 0 Å². The van der Waals surface area contributed by atoms with Crippen molar-refractivity contribution < 1.29 is 9.50 Å². The molecule has 0 aliphatic heterocycles.